The van der Waals surface area contributed by atoms with Crippen molar-refractivity contribution in [2.75, 3.05) is 0 Å². The van der Waals surface area contributed by atoms with Crippen molar-refractivity contribution < 1.29 is 9.90 Å². The predicted octanol–water partition coefficient (Wildman–Crippen LogP) is -2.43. The van der Waals surface area contributed by atoms with Crippen LogP contribution in [0.4, 0.5) is 0 Å². The Morgan fingerprint density at radius 3 is 2.00 bits per heavy atom. The molecule has 0 aliphatic carbocycles. The van der Waals surface area contributed by atoms with Gasteiger partial charge >= 0.3 is 5.97 Å². The van der Waals surface area contributed by atoms with Crippen molar-refractivity contribution in [3.63, 3.8) is 0 Å². The number of rotatable bonds is 1. The summed E-state index contributed by atoms with van der Waals surface area (Å²) in [4.78, 5) is 10.1. The Morgan fingerprint density at radius 2 is 2.00 bits per heavy atom. The average molecular weight is 116 g/mol. The number of carboxylic acid groups (broad SMARTS) is 1. The first kappa shape index (κ1) is 4.21. The number of hydrazine groups is 3. The average Bonchev–Trinajstić information content (AvgIpc) is 1.16. The fourth-order valence-corrected chi connectivity index (χ4v) is 0.647. The number of carboxylic acids is 1. The van der Waals surface area contributed by atoms with Gasteiger partial charge in [-0.15, -0.1) is 5.23 Å². The van der Waals surface area contributed by atoms with Crippen molar-refractivity contribution >= 4 is 5.97 Å². The number of nitrogens with zero attached hydrogens (tertiary/aromatic N) is 1. The minimum Gasteiger partial charge on any atom is -0.478 e. The van der Waals surface area contributed by atoms with Gasteiger partial charge in [0.1, 0.15) is 0 Å². The molecule has 0 amide bonds. The van der Waals surface area contributed by atoms with Gasteiger partial charge in [0.05, 0.1) is 0 Å². The largest absolute Gasteiger partial charge is 0.478 e. The normalized spacial score (nSPS) is 49.2. The maximum absolute atomic E-state index is 10.1. The molecule has 3 aliphatic rings. The number of hydrogen-bond acceptors (Lipinski definition) is 5. The molecule has 2 bridgehead atoms. The molecule has 0 radical (unpaired) electrons. The molecule has 3 heterocycles. The van der Waals surface area contributed by atoms with Crippen LogP contribution in [-0.4, -0.2) is 22.1 Å². The molecular weight excluding hydrogens is 112 g/mol. The standard InChI is InChI=1S/C2H4N4O2/c7-1(8)2-3-6(4-2)5-2/h3-5H,(H,7,8). The van der Waals surface area contributed by atoms with E-state index in [2.05, 4.69) is 16.3 Å². The molecule has 3 rings (SSSR count). The molecule has 3 saturated heterocycles. The molecule has 0 saturated carbocycles. The third kappa shape index (κ3) is 0.239. The summed E-state index contributed by atoms with van der Waals surface area (Å²) in [6.45, 7) is 0. The van der Waals surface area contributed by atoms with Crippen LogP contribution in [0.25, 0.3) is 0 Å². The lowest BCUT2D eigenvalue weighted by Crippen LogP contribution is -3.05. The molecule has 0 atom stereocenters. The zero-order valence-corrected chi connectivity index (χ0v) is 3.80. The number of aliphatic carboxylic acids is 1. The van der Waals surface area contributed by atoms with Crippen molar-refractivity contribution in [3.8, 4) is 0 Å². The Morgan fingerprint density at radius 1 is 1.50 bits per heavy atom. The first-order valence-electron chi connectivity index (χ1n) is 2.10. The van der Waals surface area contributed by atoms with E-state index in [0.717, 1.165) is 0 Å². The molecule has 6 heteroatoms. The van der Waals surface area contributed by atoms with Gasteiger partial charge in [0.15, 0.2) is 0 Å². The number of hydrogen-bond donors (Lipinski definition) is 4. The van der Waals surface area contributed by atoms with Crippen molar-refractivity contribution in [2.24, 2.45) is 0 Å². The molecule has 3 fully saturated rings. The van der Waals surface area contributed by atoms with Crippen LogP contribution in [0.1, 0.15) is 0 Å². The van der Waals surface area contributed by atoms with Gasteiger partial charge in [-0.1, -0.05) is 0 Å². The zero-order valence-electron chi connectivity index (χ0n) is 3.80. The minimum absolute atomic E-state index is 0.944. The van der Waals surface area contributed by atoms with Gasteiger partial charge in [-0.2, -0.15) is 16.3 Å². The molecular formula is C2H4N4O2. The maximum atomic E-state index is 10.1. The summed E-state index contributed by atoms with van der Waals surface area (Å²) >= 11 is 0. The maximum Gasteiger partial charge on any atom is 0.359 e. The van der Waals surface area contributed by atoms with Gasteiger partial charge in [-0.05, 0) is 0 Å². The van der Waals surface area contributed by atoms with Crippen LogP contribution >= 0.6 is 0 Å². The third-order valence-electron chi connectivity index (χ3n) is 1.16. The molecule has 4 N–H and O–H groups in total. The lowest BCUT2D eigenvalue weighted by Gasteiger charge is -2.61. The minimum atomic E-state index is -1.04. The van der Waals surface area contributed by atoms with Crippen LogP contribution in [0.5, 0.6) is 0 Å². The van der Waals surface area contributed by atoms with Gasteiger partial charge in [0.2, 0.25) is 0 Å². The summed E-state index contributed by atoms with van der Waals surface area (Å²) < 4.78 is 0. The van der Waals surface area contributed by atoms with Crippen molar-refractivity contribution in [2.45, 2.75) is 5.79 Å². The van der Waals surface area contributed by atoms with E-state index < -0.39 is 11.8 Å². The first-order valence-corrected chi connectivity index (χ1v) is 2.10. The van der Waals surface area contributed by atoms with Crippen LogP contribution in [0.3, 0.4) is 0 Å². The Kier molecular flexibility index (Phi) is 0.458. The van der Waals surface area contributed by atoms with Crippen LogP contribution in [-0.2, 0) is 4.79 Å². The van der Waals surface area contributed by atoms with Crippen LogP contribution in [0.15, 0.2) is 0 Å². The van der Waals surface area contributed by atoms with E-state index in [1.54, 1.807) is 0 Å². The monoisotopic (exact) mass is 116 g/mol. The molecule has 0 aromatic carbocycles. The first-order chi connectivity index (χ1) is 3.73. The lowest BCUT2D eigenvalue weighted by atomic mass is 10.3. The summed E-state index contributed by atoms with van der Waals surface area (Å²) in [5.74, 6) is -1.99. The molecule has 0 unspecified atom stereocenters. The quantitative estimate of drug-likeness (QED) is 0.305. The fraction of sp³-hybridized carbons (Fsp3) is 0.500. The highest BCUT2D eigenvalue weighted by Gasteiger charge is 2.62. The van der Waals surface area contributed by atoms with E-state index in [9.17, 15) is 4.79 Å². The molecule has 8 heavy (non-hydrogen) atoms. The fourth-order valence-electron chi connectivity index (χ4n) is 0.647. The van der Waals surface area contributed by atoms with E-state index in [1.165, 1.54) is 5.23 Å². The zero-order chi connectivity index (χ0) is 5.78. The van der Waals surface area contributed by atoms with E-state index in [0.29, 0.717) is 0 Å². The Labute approximate surface area is 44.4 Å². The smallest absolute Gasteiger partial charge is 0.359 e. The van der Waals surface area contributed by atoms with Crippen molar-refractivity contribution in [1.29, 1.82) is 0 Å². The molecule has 3 aliphatic heterocycles. The number of carbonyl (C=O) groups is 1. The van der Waals surface area contributed by atoms with Crippen molar-refractivity contribution in [3.05, 3.63) is 0 Å². The van der Waals surface area contributed by atoms with Crippen LogP contribution in [0, 0.1) is 0 Å². The highest BCUT2D eigenvalue weighted by molar-refractivity contribution is 5.79. The summed E-state index contributed by atoms with van der Waals surface area (Å²) in [7, 11) is 0. The summed E-state index contributed by atoms with van der Waals surface area (Å²) in [6.07, 6.45) is 0. The highest BCUT2D eigenvalue weighted by atomic mass is 16.4. The number of nitrogens with one attached hydrogen (secondary N) is 3. The Balaban J connectivity index is 2.15. The van der Waals surface area contributed by atoms with E-state index in [4.69, 9.17) is 5.11 Å². The second kappa shape index (κ2) is 0.869. The molecule has 0 aromatic heterocycles. The van der Waals surface area contributed by atoms with Gasteiger partial charge < -0.3 is 5.11 Å². The van der Waals surface area contributed by atoms with E-state index >= 15 is 0 Å². The molecule has 44 valence electrons. The lowest BCUT2D eigenvalue weighted by molar-refractivity contribution is -0.321. The molecule has 6 nitrogen and oxygen atoms in total. The van der Waals surface area contributed by atoms with Crippen molar-refractivity contribution in [1.82, 2.24) is 21.5 Å². The summed E-state index contributed by atoms with van der Waals surface area (Å²) in [6, 6.07) is 0. The van der Waals surface area contributed by atoms with Crippen LogP contribution in [0.2, 0.25) is 0 Å². The highest BCUT2D eigenvalue weighted by Crippen LogP contribution is 2.16. The Hall–Kier alpha value is -0.690. The Bertz CT molecular complexity index is 139. The van der Waals surface area contributed by atoms with E-state index in [1.807, 2.05) is 0 Å². The summed E-state index contributed by atoms with van der Waals surface area (Å²) in [5, 5.41) is 9.69. The third-order valence-corrected chi connectivity index (χ3v) is 1.16. The van der Waals surface area contributed by atoms with Gasteiger partial charge in [-0.3, -0.25) is 0 Å². The van der Waals surface area contributed by atoms with Crippen LogP contribution < -0.4 is 16.3 Å². The predicted molar refractivity (Wildman–Crippen MR) is 21.6 cm³/mol. The molecule has 0 aromatic rings. The SMILES string of the molecule is O=C(O)C12NN(N1)N2. The molecule has 0 spiro atoms. The van der Waals surface area contributed by atoms with Gasteiger partial charge in [-0.25, -0.2) is 4.79 Å². The second-order valence-electron chi connectivity index (χ2n) is 1.73. The van der Waals surface area contributed by atoms with Gasteiger partial charge in [0, 0.05) is 0 Å². The summed E-state index contributed by atoms with van der Waals surface area (Å²) in [5.41, 5.74) is 7.59. The topological polar surface area (TPSA) is 76.6 Å². The van der Waals surface area contributed by atoms with Gasteiger partial charge in [0.25, 0.3) is 5.79 Å². The van der Waals surface area contributed by atoms with E-state index in [-0.39, 0.29) is 0 Å². The second-order valence-corrected chi connectivity index (χ2v) is 1.73.